The number of hydrogen-bond donors (Lipinski definition) is 1. The number of hydrogen-bond acceptors (Lipinski definition) is 3. The Morgan fingerprint density at radius 3 is 2.57 bits per heavy atom. The molecular weight excluding hydrogens is 281 g/mol. The van der Waals surface area contributed by atoms with E-state index in [2.05, 4.69) is 10.2 Å². The first-order valence-corrected chi connectivity index (χ1v) is 6.15. The Bertz CT molecular complexity index is 821. The van der Waals surface area contributed by atoms with Crippen LogP contribution in [0.1, 0.15) is 11.1 Å². The standard InChI is InChI=1S/C14H11F3N4/c1-8-10(3-2-4-11(8)18)13-20-19-12-6-5-9(7-21(12)13)14(15,16)17/h2-7H,18H2,1H3. The van der Waals surface area contributed by atoms with Crippen LogP contribution in [0.2, 0.25) is 0 Å². The lowest BCUT2D eigenvalue weighted by Gasteiger charge is -2.09. The van der Waals surface area contributed by atoms with E-state index in [1.54, 1.807) is 25.1 Å². The van der Waals surface area contributed by atoms with Crippen molar-refractivity contribution in [1.29, 1.82) is 0 Å². The Morgan fingerprint density at radius 2 is 1.86 bits per heavy atom. The van der Waals surface area contributed by atoms with Gasteiger partial charge in [0.25, 0.3) is 0 Å². The summed E-state index contributed by atoms with van der Waals surface area (Å²) in [7, 11) is 0. The zero-order chi connectivity index (χ0) is 15.2. The first-order chi connectivity index (χ1) is 9.88. The van der Waals surface area contributed by atoms with Crippen LogP contribution in [0.3, 0.4) is 0 Å². The Labute approximate surface area is 118 Å². The second-order valence-electron chi connectivity index (χ2n) is 4.69. The van der Waals surface area contributed by atoms with Crippen molar-refractivity contribution in [2.75, 3.05) is 5.73 Å². The summed E-state index contributed by atoms with van der Waals surface area (Å²) in [5.41, 5.74) is 7.39. The average Bonchev–Trinajstić information content (AvgIpc) is 2.84. The number of benzene rings is 1. The fourth-order valence-electron chi connectivity index (χ4n) is 2.14. The van der Waals surface area contributed by atoms with Gasteiger partial charge in [-0.25, -0.2) is 0 Å². The van der Waals surface area contributed by atoms with Crippen LogP contribution in [0, 0.1) is 6.92 Å². The predicted molar refractivity (Wildman–Crippen MR) is 72.6 cm³/mol. The van der Waals surface area contributed by atoms with E-state index in [4.69, 9.17) is 5.73 Å². The number of alkyl halides is 3. The molecule has 0 amide bonds. The molecule has 7 heteroatoms. The highest BCUT2D eigenvalue weighted by Gasteiger charge is 2.31. The molecule has 108 valence electrons. The molecule has 0 spiro atoms. The van der Waals surface area contributed by atoms with Gasteiger partial charge in [0.2, 0.25) is 0 Å². The van der Waals surface area contributed by atoms with Crippen molar-refractivity contribution in [3.63, 3.8) is 0 Å². The summed E-state index contributed by atoms with van der Waals surface area (Å²) >= 11 is 0. The third-order valence-electron chi connectivity index (χ3n) is 3.35. The van der Waals surface area contributed by atoms with E-state index in [-0.39, 0.29) is 0 Å². The molecule has 1 aromatic carbocycles. The molecule has 0 saturated carbocycles. The third-order valence-corrected chi connectivity index (χ3v) is 3.35. The Balaban J connectivity index is 2.26. The van der Waals surface area contributed by atoms with E-state index >= 15 is 0 Å². The van der Waals surface area contributed by atoms with Crippen LogP contribution >= 0.6 is 0 Å². The molecule has 2 aromatic heterocycles. The quantitative estimate of drug-likeness (QED) is 0.700. The van der Waals surface area contributed by atoms with Gasteiger partial charge in [-0.3, -0.25) is 4.40 Å². The van der Waals surface area contributed by atoms with Gasteiger partial charge in [-0.2, -0.15) is 13.2 Å². The van der Waals surface area contributed by atoms with Crippen molar-refractivity contribution in [2.45, 2.75) is 13.1 Å². The van der Waals surface area contributed by atoms with Gasteiger partial charge >= 0.3 is 6.18 Å². The third kappa shape index (κ3) is 2.20. The number of aromatic nitrogens is 3. The predicted octanol–water partition coefficient (Wildman–Crippen LogP) is 3.31. The highest BCUT2D eigenvalue weighted by Crippen LogP contribution is 2.31. The molecule has 0 bridgehead atoms. The topological polar surface area (TPSA) is 56.2 Å². The van der Waals surface area contributed by atoms with Crippen molar-refractivity contribution in [2.24, 2.45) is 0 Å². The second-order valence-corrected chi connectivity index (χ2v) is 4.69. The minimum absolute atomic E-state index is 0.334. The number of rotatable bonds is 1. The van der Waals surface area contributed by atoms with Gasteiger partial charge < -0.3 is 5.73 Å². The number of anilines is 1. The summed E-state index contributed by atoms with van der Waals surface area (Å²) in [6.07, 6.45) is -3.42. The molecule has 2 N–H and O–H groups in total. The number of pyridine rings is 1. The van der Waals surface area contributed by atoms with Crippen molar-refractivity contribution in [3.8, 4) is 11.4 Å². The molecule has 3 aromatic rings. The fraction of sp³-hybridized carbons (Fsp3) is 0.143. The van der Waals surface area contributed by atoms with Crippen molar-refractivity contribution in [3.05, 3.63) is 47.7 Å². The average molecular weight is 292 g/mol. The Hall–Kier alpha value is -2.57. The molecule has 0 aliphatic carbocycles. The summed E-state index contributed by atoms with van der Waals surface area (Å²) in [6.45, 7) is 1.79. The van der Waals surface area contributed by atoms with Crippen LogP contribution in [-0.2, 0) is 6.18 Å². The molecule has 0 unspecified atom stereocenters. The lowest BCUT2D eigenvalue weighted by molar-refractivity contribution is -0.137. The van der Waals surface area contributed by atoms with Crippen molar-refractivity contribution in [1.82, 2.24) is 14.6 Å². The molecule has 21 heavy (non-hydrogen) atoms. The van der Waals surface area contributed by atoms with E-state index in [0.29, 0.717) is 22.7 Å². The van der Waals surface area contributed by atoms with Crippen LogP contribution in [-0.4, -0.2) is 14.6 Å². The summed E-state index contributed by atoms with van der Waals surface area (Å²) in [5.74, 6) is 0.334. The van der Waals surface area contributed by atoms with E-state index < -0.39 is 11.7 Å². The number of halogens is 3. The minimum atomic E-state index is -4.42. The van der Waals surface area contributed by atoms with Crippen LogP contribution < -0.4 is 5.73 Å². The maximum atomic E-state index is 12.8. The first-order valence-electron chi connectivity index (χ1n) is 6.15. The molecule has 0 saturated heterocycles. The van der Waals surface area contributed by atoms with Crippen LogP contribution in [0.4, 0.5) is 18.9 Å². The van der Waals surface area contributed by atoms with Crippen LogP contribution in [0.15, 0.2) is 36.5 Å². The smallest absolute Gasteiger partial charge is 0.398 e. The number of nitrogens with zero attached hydrogens (tertiary/aromatic N) is 3. The van der Waals surface area contributed by atoms with Crippen molar-refractivity contribution >= 4 is 11.3 Å². The zero-order valence-corrected chi connectivity index (χ0v) is 11.0. The molecule has 2 heterocycles. The molecule has 0 fully saturated rings. The fourth-order valence-corrected chi connectivity index (χ4v) is 2.14. The van der Waals surface area contributed by atoms with Gasteiger partial charge in [0, 0.05) is 17.4 Å². The van der Waals surface area contributed by atoms with Crippen LogP contribution in [0.5, 0.6) is 0 Å². The van der Waals surface area contributed by atoms with E-state index in [1.807, 2.05) is 0 Å². The molecule has 0 aliphatic rings. The zero-order valence-electron chi connectivity index (χ0n) is 11.0. The van der Waals surface area contributed by atoms with Crippen molar-refractivity contribution < 1.29 is 13.2 Å². The van der Waals surface area contributed by atoms with E-state index in [9.17, 15) is 13.2 Å². The SMILES string of the molecule is Cc1c(N)cccc1-c1nnc2ccc(C(F)(F)F)cn12. The molecule has 0 aliphatic heterocycles. The summed E-state index contributed by atoms with van der Waals surface area (Å²) < 4.78 is 39.8. The molecule has 0 radical (unpaired) electrons. The highest BCUT2D eigenvalue weighted by atomic mass is 19.4. The molecular formula is C14H11F3N4. The van der Waals surface area contributed by atoms with Gasteiger partial charge in [-0.1, -0.05) is 12.1 Å². The highest BCUT2D eigenvalue weighted by molar-refractivity contribution is 5.69. The van der Waals surface area contributed by atoms with Gasteiger partial charge in [-0.05, 0) is 30.7 Å². The monoisotopic (exact) mass is 292 g/mol. The minimum Gasteiger partial charge on any atom is -0.398 e. The lowest BCUT2D eigenvalue weighted by Crippen LogP contribution is -2.06. The van der Waals surface area contributed by atoms with Gasteiger partial charge in [0.15, 0.2) is 11.5 Å². The Kier molecular flexibility index (Phi) is 2.86. The molecule has 0 atom stereocenters. The lowest BCUT2D eigenvalue weighted by atomic mass is 10.1. The first kappa shape index (κ1) is 13.4. The normalized spacial score (nSPS) is 12.0. The number of nitrogen functional groups attached to an aromatic ring is 1. The summed E-state index contributed by atoms with van der Waals surface area (Å²) in [5, 5.41) is 7.87. The van der Waals surface area contributed by atoms with Gasteiger partial charge in [0.05, 0.1) is 5.56 Å². The summed E-state index contributed by atoms with van der Waals surface area (Å²) in [4.78, 5) is 0. The van der Waals surface area contributed by atoms with E-state index in [0.717, 1.165) is 17.8 Å². The van der Waals surface area contributed by atoms with Crippen LogP contribution in [0.25, 0.3) is 17.0 Å². The summed E-state index contributed by atoms with van der Waals surface area (Å²) in [6, 6.07) is 7.49. The molecule has 3 rings (SSSR count). The largest absolute Gasteiger partial charge is 0.417 e. The van der Waals surface area contributed by atoms with Gasteiger partial charge in [-0.15, -0.1) is 10.2 Å². The number of nitrogens with two attached hydrogens (primary N) is 1. The molecule has 4 nitrogen and oxygen atoms in total. The Morgan fingerprint density at radius 1 is 1.10 bits per heavy atom. The second kappa shape index (κ2) is 4.47. The number of fused-ring (bicyclic) bond motifs is 1. The van der Waals surface area contributed by atoms with Gasteiger partial charge in [0.1, 0.15) is 0 Å². The maximum Gasteiger partial charge on any atom is 0.417 e. The maximum absolute atomic E-state index is 12.8. The van der Waals surface area contributed by atoms with E-state index in [1.165, 1.54) is 10.5 Å².